The number of amides is 1. The standard InChI is InChI=1S/C30H41N3O/c1-4-5-6-7-8-9-10-11-14-20-32-27-19-13-12-18-26(27)31-30(32)25-21-28(34)33(22-25)29-23(2)16-15-17-24(29)3/h12-13,15-19,25H,4-11,14,20-22H2,1-3H3. The predicted molar refractivity (Wildman–Crippen MR) is 143 cm³/mol. The first-order valence-electron chi connectivity index (χ1n) is 13.4. The minimum atomic E-state index is 0.137. The van der Waals surface area contributed by atoms with Crippen LogP contribution in [0, 0.1) is 13.8 Å². The lowest BCUT2D eigenvalue weighted by Crippen LogP contribution is -2.26. The molecule has 34 heavy (non-hydrogen) atoms. The molecule has 1 atom stereocenters. The molecule has 182 valence electrons. The van der Waals surface area contributed by atoms with Gasteiger partial charge in [-0.05, 0) is 43.5 Å². The fourth-order valence-corrected chi connectivity index (χ4v) is 5.55. The summed E-state index contributed by atoms with van der Waals surface area (Å²) >= 11 is 0. The summed E-state index contributed by atoms with van der Waals surface area (Å²) in [5.41, 5.74) is 5.66. The van der Waals surface area contributed by atoms with Crippen LogP contribution in [0.25, 0.3) is 11.0 Å². The highest BCUT2D eigenvalue weighted by molar-refractivity contribution is 5.98. The molecule has 0 spiro atoms. The van der Waals surface area contributed by atoms with E-state index in [9.17, 15) is 4.79 Å². The van der Waals surface area contributed by atoms with Gasteiger partial charge in [-0.25, -0.2) is 4.98 Å². The van der Waals surface area contributed by atoms with Crippen molar-refractivity contribution in [2.24, 2.45) is 0 Å². The molecule has 1 unspecified atom stereocenters. The molecule has 0 radical (unpaired) electrons. The number of carbonyl (C=O) groups excluding carboxylic acids is 1. The maximum Gasteiger partial charge on any atom is 0.227 e. The van der Waals surface area contributed by atoms with Gasteiger partial charge in [0.1, 0.15) is 5.82 Å². The number of fused-ring (bicyclic) bond motifs is 1. The molecule has 0 saturated carbocycles. The van der Waals surface area contributed by atoms with Crippen LogP contribution >= 0.6 is 0 Å². The summed E-state index contributed by atoms with van der Waals surface area (Å²) in [6.45, 7) is 8.17. The summed E-state index contributed by atoms with van der Waals surface area (Å²) in [7, 11) is 0. The van der Waals surface area contributed by atoms with Crippen molar-refractivity contribution in [2.45, 2.75) is 97.4 Å². The number of carbonyl (C=O) groups is 1. The zero-order valence-corrected chi connectivity index (χ0v) is 21.4. The number of hydrogen-bond acceptors (Lipinski definition) is 2. The van der Waals surface area contributed by atoms with E-state index in [0.717, 1.165) is 34.7 Å². The van der Waals surface area contributed by atoms with Crippen molar-refractivity contribution in [1.82, 2.24) is 9.55 Å². The van der Waals surface area contributed by atoms with Crippen molar-refractivity contribution >= 4 is 22.6 Å². The first-order valence-corrected chi connectivity index (χ1v) is 13.4. The third kappa shape index (κ3) is 5.54. The quantitative estimate of drug-likeness (QED) is 0.260. The van der Waals surface area contributed by atoms with E-state index < -0.39 is 0 Å². The van der Waals surface area contributed by atoms with E-state index >= 15 is 0 Å². The van der Waals surface area contributed by atoms with Gasteiger partial charge in [-0.1, -0.05) is 88.6 Å². The first kappa shape index (κ1) is 24.5. The Morgan fingerprint density at radius 3 is 2.21 bits per heavy atom. The molecule has 4 rings (SSSR count). The lowest BCUT2D eigenvalue weighted by atomic mass is 10.1. The smallest absolute Gasteiger partial charge is 0.227 e. The predicted octanol–water partition coefficient (Wildman–Crippen LogP) is 7.70. The third-order valence-electron chi connectivity index (χ3n) is 7.37. The van der Waals surface area contributed by atoms with Crippen molar-refractivity contribution < 1.29 is 4.79 Å². The summed E-state index contributed by atoms with van der Waals surface area (Å²) in [6, 6.07) is 14.7. The minimum absolute atomic E-state index is 0.137. The number of hydrogen-bond donors (Lipinski definition) is 0. The van der Waals surface area contributed by atoms with Crippen molar-refractivity contribution in [3.8, 4) is 0 Å². The summed E-state index contributed by atoms with van der Waals surface area (Å²) in [5, 5.41) is 0. The monoisotopic (exact) mass is 459 g/mol. The summed E-state index contributed by atoms with van der Waals surface area (Å²) < 4.78 is 2.41. The molecule has 1 aliphatic heterocycles. The molecule has 1 aliphatic rings. The Labute approximate surface area is 205 Å². The van der Waals surface area contributed by atoms with Gasteiger partial charge in [0.05, 0.1) is 11.0 Å². The van der Waals surface area contributed by atoms with Gasteiger partial charge in [-0.3, -0.25) is 4.79 Å². The Bertz CT molecular complexity index is 1080. The maximum absolute atomic E-state index is 13.1. The second kappa shape index (κ2) is 11.7. The summed E-state index contributed by atoms with van der Waals surface area (Å²) in [6.07, 6.45) is 12.5. The third-order valence-corrected chi connectivity index (χ3v) is 7.37. The van der Waals surface area contributed by atoms with Gasteiger partial charge in [0.15, 0.2) is 0 Å². The number of para-hydroxylation sites is 3. The van der Waals surface area contributed by atoms with Gasteiger partial charge in [0, 0.05) is 31.1 Å². The molecule has 1 saturated heterocycles. The van der Waals surface area contributed by atoms with Crippen LogP contribution in [0.2, 0.25) is 0 Å². The zero-order valence-electron chi connectivity index (χ0n) is 21.4. The van der Waals surface area contributed by atoms with Crippen molar-refractivity contribution in [3.05, 3.63) is 59.4 Å². The van der Waals surface area contributed by atoms with Crippen molar-refractivity contribution in [2.75, 3.05) is 11.4 Å². The van der Waals surface area contributed by atoms with Crippen LogP contribution in [0.5, 0.6) is 0 Å². The number of aryl methyl sites for hydroxylation is 3. The molecule has 1 fully saturated rings. The molecule has 0 aliphatic carbocycles. The molecule has 4 heteroatoms. The molecule has 0 bridgehead atoms. The van der Waals surface area contributed by atoms with Gasteiger partial charge in [-0.2, -0.15) is 0 Å². The van der Waals surface area contributed by atoms with E-state index in [-0.39, 0.29) is 11.8 Å². The van der Waals surface area contributed by atoms with E-state index in [0.29, 0.717) is 13.0 Å². The number of imidazole rings is 1. The molecule has 1 amide bonds. The fourth-order valence-electron chi connectivity index (χ4n) is 5.55. The average Bonchev–Trinajstić information content (AvgIpc) is 3.38. The highest BCUT2D eigenvalue weighted by Gasteiger charge is 2.35. The fraction of sp³-hybridized carbons (Fsp3) is 0.533. The Morgan fingerprint density at radius 1 is 0.853 bits per heavy atom. The molecule has 4 nitrogen and oxygen atoms in total. The Kier molecular flexibility index (Phi) is 8.42. The average molecular weight is 460 g/mol. The highest BCUT2D eigenvalue weighted by Crippen LogP contribution is 2.36. The summed E-state index contributed by atoms with van der Waals surface area (Å²) in [4.78, 5) is 20.1. The summed E-state index contributed by atoms with van der Waals surface area (Å²) in [5.74, 6) is 1.43. The Balaban J connectivity index is 1.44. The second-order valence-corrected chi connectivity index (χ2v) is 10.1. The van der Waals surface area contributed by atoms with Gasteiger partial charge in [-0.15, -0.1) is 0 Å². The zero-order chi connectivity index (χ0) is 23.9. The molecule has 0 N–H and O–H groups in total. The van der Waals surface area contributed by atoms with Crippen LogP contribution in [0.3, 0.4) is 0 Å². The molecule has 2 aromatic carbocycles. The van der Waals surface area contributed by atoms with Crippen LogP contribution in [0.1, 0.15) is 94.0 Å². The molecular formula is C30H41N3O. The van der Waals surface area contributed by atoms with E-state index in [1.54, 1.807) is 0 Å². The molecular weight excluding hydrogens is 418 g/mol. The van der Waals surface area contributed by atoms with E-state index in [2.05, 4.69) is 67.8 Å². The van der Waals surface area contributed by atoms with Crippen LogP contribution in [-0.4, -0.2) is 22.0 Å². The SMILES string of the molecule is CCCCCCCCCCCn1c(C2CC(=O)N(c3c(C)cccc3C)C2)nc2ccccc21. The van der Waals surface area contributed by atoms with Crippen molar-refractivity contribution in [1.29, 1.82) is 0 Å². The lowest BCUT2D eigenvalue weighted by molar-refractivity contribution is -0.117. The van der Waals surface area contributed by atoms with Crippen LogP contribution in [-0.2, 0) is 11.3 Å². The van der Waals surface area contributed by atoms with E-state index in [1.807, 2.05) is 4.90 Å². The first-order chi connectivity index (χ1) is 16.6. The molecule has 3 aromatic rings. The van der Waals surface area contributed by atoms with Gasteiger partial charge in [0.2, 0.25) is 5.91 Å². The number of aromatic nitrogens is 2. The number of rotatable bonds is 12. The second-order valence-electron chi connectivity index (χ2n) is 10.1. The Hall–Kier alpha value is -2.62. The number of unbranched alkanes of at least 4 members (excludes halogenated alkanes) is 8. The Morgan fingerprint density at radius 2 is 1.50 bits per heavy atom. The van der Waals surface area contributed by atoms with Gasteiger partial charge >= 0.3 is 0 Å². The van der Waals surface area contributed by atoms with E-state index in [1.165, 1.54) is 63.3 Å². The molecule has 2 heterocycles. The lowest BCUT2D eigenvalue weighted by Gasteiger charge is -2.21. The van der Waals surface area contributed by atoms with Crippen LogP contribution < -0.4 is 4.90 Å². The number of benzene rings is 2. The number of anilines is 1. The number of nitrogens with zero attached hydrogens (tertiary/aromatic N) is 3. The largest absolute Gasteiger partial charge is 0.328 e. The maximum atomic E-state index is 13.1. The van der Waals surface area contributed by atoms with Crippen LogP contribution in [0.4, 0.5) is 5.69 Å². The van der Waals surface area contributed by atoms with Crippen molar-refractivity contribution in [3.63, 3.8) is 0 Å². The van der Waals surface area contributed by atoms with E-state index in [4.69, 9.17) is 4.98 Å². The minimum Gasteiger partial charge on any atom is -0.328 e. The van der Waals surface area contributed by atoms with Crippen LogP contribution in [0.15, 0.2) is 42.5 Å². The highest BCUT2D eigenvalue weighted by atomic mass is 16.2. The van der Waals surface area contributed by atoms with Gasteiger partial charge in [0.25, 0.3) is 0 Å². The normalized spacial score (nSPS) is 16.1. The van der Waals surface area contributed by atoms with Gasteiger partial charge < -0.3 is 9.47 Å². The molecule has 1 aromatic heterocycles. The topological polar surface area (TPSA) is 38.1 Å².